The van der Waals surface area contributed by atoms with Crippen LogP contribution < -0.4 is 0 Å². The summed E-state index contributed by atoms with van der Waals surface area (Å²) in [6, 6.07) is 13.6. The van der Waals surface area contributed by atoms with Gasteiger partial charge in [-0.05, 0) is 55.3 Å². The molecule has 5 rings (SSSR count). The van der Waals surface area contributed by atoms with Gasteiger partial charge in [0.25, 0.3) is 5.91 Å². The van der Waals surface area contributed by atoms with Crippen molar-refractivity contribution in [1.29, 1.82) is 0 Å². The molecule has 1 amide bonds. The van der Waals surface area contributed by atoms with Gasteiger partial charge in [-0.25, -0.2) is 9.97 Å². The lowest BCUT2D eigenvalue weighted by Crippen LogP contribution is -2.38. The third-order valence-electron chi connectivity index (χ3n) is 5.40. The number of carbonyl (C=O) groups excluding carboxylic acids is 1. The molecule has 28 heavy (non-hydrogen) atoms. The molecule has 0 aliphatic carbocycles. The number of likely N-dealkylation sites (tertiary alicyclic amines) is 1. The van der Waals surface area contributed by atoms with E-state index in [0.717, 1.165) is 53.7 Å². The van der Waals surface area contributed by atoms with E-state index in [2.05, 4.69) is 27.1 Å². The third-order valence-corrected chi connectivity index (χ3v) is 5.40. The Bertz CT molecular complexity index is 1170. The largest absolute Gasteiger partial charge is 0.339 e. The number of benzene rings is 1. The number of aromatic nitrogens is 4. The standard InChI is InChI=1S/C22H19N5O/c28-22(17-4-6-19-20(14-17)24-11-10-23-19)27-12-7-15(8-13-27)18-5-3-16-2-1-9-25-21(16)26-18/h1-6,9-11,14-15H,7-8,12-13H2. The average Bonchev–Trinajstić information content (AvgIpc) is 2.78. The zero-order chi connectivity index (χ0) is 18.9. The minimum atomic E-state index is 0.0548. The second-order valence-corrected chi connectivity index (χ2v) is 7.11. The molecule has 0 N–H and O–H groups in total. The maximum absolute atomic E-state index is 12.9. The Labute approximate surface area is 162 Å². The van der Waals surface area contributed by atoms with E-state index in [1.807, 2.05) is 35.2 Å². The van der Waals surface area contributed by atoms with Crippen molar-refractivity contribution in [2.24, 2.45) is 0 Å². The van der Waals surface area contributed by atoms with Gasteiger partial charge in [0.1, 0.15) is 0 Å². The minimum absolute atomic E-state index is 0.0548. The van der Waals surface area contributed by atoms with Crippen LogP contribution in [-0.4, -0.2) is 43.8 Å². The predicted molar refractivity (Wildman–Crippen MR) is 107 cm³/mol. The van der Waals surface area contributed by atoms with Crippen LogP contribution in [0.5, 0.6) is 0 Å². The van der Waals surface area contributed by atoms with Crippen LogP contribution in [0, 0.1) is 0 Å². The first-order valence-corrected chi connectivity index (χ1v) is 9.50. The molecule has 0 saturated carbocycles. The first kappa shape index (κ1) is 16.7. The van der Waals surface area contributed by atoms with Crippen molar-refractivity contribution in [3.8, 4) is 0 Å². The summed E-state index contributed by atoms with van der Waals surface area (Å²) >= 11 is 0. The number of pyridine rings is 2. The van der Waals surface area contributed by atoms with E-state index in [4.69, 9.17) is 4.98 Å². The highest BCUT2D eigenvalue weighted by molar-refractivity contribution is 5.97. The number of rotatable bonds is 2. The van der Waals surface area contributed by atoms with Crippen molar-refractivity contribution in [2.75, 3.05) is 13.1 Å². The lowest BCUT2D eigenvalue weighted by atomic mass is 9.92. The first-order chi connectivity index (χ1) is 13.8. The summed E-state index contributed by atoms with van der Waals surface area (Å²) in [5.74, 6) is 0.414. The van der Waals surface area contributed by atoms with Crippen molar-refractivity contribution in [2.45, 2.75) is 18.8 Å². The fourth-order valence-corrected chi connectivity index (χ4v) is 3.85. The predicted octanol–water partition coefficient (Wildman–Crippen LogP) is 3.59. The number of hydrogen-bond acceptors (Lipinski definition) is 5. The lowest BCUT2D eigenvalue weighted by molar-refractivity contribution is 0.0712. The van der Waals surface area contributed by atoms with E-state index in [1.165, 1.54) is 0 Å². The molecule has 138 valence electrons. The van der Waals surface area contributed by atoms with Crippen molar-refractivity contribution in [3.63, 3.8) is 0 Å². The van der Waals surface area contributed by atoms with E-state index in [9.17, 15) is 4.79 Å². The molecule has 6 heteroatoms. The van der Waals surface area contributed by atoms with E-state index in [0.29, 0.717) is 11.5 Å². The molecule has 1 aliphatic heterocycles. The molecule has 0 atom stereocenters. The molecule has 4 heterocycles. The summed E-state index contributed by atoms with van der Waals surface area (Å²) in [7, 11) is 0. The van der Waals surface area contributed by atoms with Gasteiger partial charge in [0.05, 0.1) is 11.0 Å². The molecule has 4 aromatic rings. The van der Waals surface area contributed by atoms with Crippen molar-refractivity contribution in [1.82, 2.24) is 24.8 Å². The van der Waals surface area contributed by atoms with Crippen LogP contribution in [0.1, 0.15) is 34.8 Å². The van der Waals surface area contributed by atoms with E-state index < -0.39 is 0 Å². The zero-order valence-corrected chi connectivity index (χ0v) is 15.3. The Kier molecular flexibility index (Phi) is 4.16. The van der Waals surface area contributed by atoms with Crippen molar-refractivity contribution in [3.05, 3.63) is 72.3 Å². The number of fused-ring (bicyclic) bond motifs is 2. The fourth-order valence-electron chi connectivity index (χ4n) is 3.85. The average molecular weight is 369 g/mol. The Morgan fingerprint density at radius 2 is 1.71 bits per heavy atom. The molecular weight excluding hydrogens is 350 g/mol. The highest BCUT2D eigenvalue weighted by Gasteiger charge is 2.25. The smallest absolute Gasteiger partial charge is 0.253 e. The molecule has 0 radical (unpaired) electrons. The molecule has 3 aromatic heterocycles. The van der Waals surface area contributed by atoms with Gasteiger partial charge >= 0.3 is 0 Å². The van der Waals surface area contributed by atoms with Gasteiger partial charge in [-0.1, -0.05) is 0 Å². The Balaban J connectivity index is 1.30. The third kappa shape index (κ3) is 3.07. The molecular formula is C22H19N5O. The SMILES string of the molecule is O=C(c1ccc2nccnc2c1)N1CCC(c2ccc3cccnc3n2)CC1. The first-order valence-electron chi connectivity index (χ1n) is 9.50. The summed E-state index contributed by atoms with van der Waals surface area (Å²) in [6.45, 7) is 1.45. The minimum Gasteiger partial charge on any atom is -0.339 e. The monoisotopic (exact) mass is 369 g/mol. The van der Waals surface area contributed by atoms with Crippen LogP contribution in [-0.2, 0) is 0 Å². The molecule has 0 spiro atoms. The van der Waals surface area contributed by atoms with Crippen LogP contribution in [0.15, 0.2) is 61.1 Å². The van der Waals surface area contributed by atoms with Crippen LogP contribution in [0.2, 0.25) is 0 Å². The summed E-state index contributed by atoms with van der Waals surface area (Å²) in [5.41, 5.74) is 4.07. The number of hydrogen-bond donors (Lipinski definition) is 0. The van der Waals surface area contributed by atoms with Gasteiger partial charge in [-0.2, -0.15) is 0 Å². The van der Waals surface area contributed by atoms with Crippen LogP contribution in [0.3, 0.4) is 0 Å². The Hall–Kier alpha value is -3.41. The van der Waals surface area contributed by atoms with E-state index >= 15 is 0 Å². The summed E-state index contributed by atoms with van der Waals surface area (Å²) in [6.07, 6.45) is 6.89. The van der Waals surface area contributed by atoms with Gasteiger partial charge in [-0.3, -0.25) is 14.8 Å². The number of amides is 1. The van der Waals surface area contributed by atoms with Gasteiger partial charge in [0.2, 0.25) is 0 Å². The summed E-state index contributed by atoms with van der Waals surface area (Å²) in [5, 5.41) is 1.05. The molecule has 1 aliphatic rings. The molecule has 6 nitrogen and oxygen atoms in total. The van der Waals surface area contributed by atoms with Gasteiger partial charge in [-0.15, -0.1) is 0 Å². The zero-order valence-electron chi connectivity index (χ0n) is 15.3. The molecule has 1 aromatic carbocycles. The molecule has 1 fully saturated rings. The van der Waals surface area contributed by atoms with Crippen LogP contribution in [0.4, 0.5) is 0 Å². The number of nitrogens with zero attached hydrogens (tertiary/aromatic N) is 5. The number of piperidine rings is 1. The molecule has 1 saturated heterocycles. The quantitative estimate of drug-likeness (QED) is 0.540. The lowest BCUT2D eigenvalue weighted by Gasteiger charge is -2.32. The van der Waals surface area contributed by atoms with Crippen molar-refractivity contribution >= 4 is 28.0 Å². The maximum Gasteiger partial charge on any atom is 0.253 e. The maximum atomic E-state index is 12.9. The van der Waals surface area contributed by atoms with E-state index in [-0.39, 0.29) is 5.91 Å². The van der Waals surface area contributed by atoms with Gasteiger partial charge in [0, 0.05) is 54.2 Å². The number of carbonyl (C=O) groups is 1. The van der Waals surface area contributed by atoms with Crippen molar-refractivity contribution < 1.29 is 4.79 Å². The second-order valence-electron chi connectivity index (χ2n) is 7.11. The molecule has 0 unspecified atom stereocenters. The van der Waals surface area contributed by atoms with Gasteiger partial charge < -0.3 is 4.90 Å². The topological polar surface area (TPSA) is 71.9 Å². The van der Waals surface area contributed by atoms with Crippen LogP contribution in [0.25, 0.3) is 22.1 Å². The summed E-state index contributed by atoms with van der Waals surface area (Å²) < 4.78 is 0. The summed E-state index contributed by atoms with van der Waals surface area (Å²) in [4.78, 5) is 32.5. The molecule has 0 bridgehead atoms. The van der Waals surface area contributed by atoms with Gasteiger partial charge in [0.15, 0.2) is 5.65 Å². The highest BCUT2D eigenvalue weighted by Crippen LogP contribution is 2.28. The second kappa shape index (κ2) is 6.96. The Morgan fingerprint density at radius 3 is 2.57 bits per heavy atom. The van der Waals surface area contributed by atoms with E-state index in [1.54, 1.807) is 18.6 Å². The normalized spacial score (nSPS) is 15.2. The van der Waals surface area contributed by atoms with Crippen LogP contribution >= 0.6 is 0 Å². The Morgan fingerprint density at radius 1 is 0.893 bits per heavy atom. The fraction of sp³-hybridized carbons (Fsp3) is 0.227. The highest BCUT2D eigenvalue weighted by atomic mass is 16.2.